The molecule has 96 valence electrons. The summed E-state index contributed by atoms with van der Waals surface area (Å²) in [5.41, 5.74) is 1.71. The molecule has 0 atom stereocenters. The van der Waals surface area contributed by atoms with Crippen LogP contribution in [-0.2, 0) is 16.1 Å². The lowest BCUT2D eigenvalue weighted by atomic mass is 10.2. The number of nitrogens with zero attached hydrogens (tertiary/aromatic N) is 3. The summed E-state index contributed by atoms with van der Waals surface area (Å²) in [4.78, 5) is 30.5. The number of carbonyl (C=O) groups excluding carboxylic acids is 2. The van der Waals surface area contributed by atoms with Crippen molar-refractivity contribution in [3.63, 3.8) is 0 Å². The van der Waals surface area contributed by atoms with Crippen molar-refractivity contribution in [2.24, 2.45) is 0 Å². The van der Waals surface area contributed by atoms with E-state index in [1.54, 1.807) is 13.2 Å². The van der Waals surface area contributed by atoms with Gasteiger partial charge < -0.3 is 15.1 Å². The van der Waals surface area contributed by atoms with Gasteiger partial charge in [0, 0.05) is 26.0 Å². The van der Waals surface area contributed by atoms with Crippen molar-refractivity contribution in [2.75, 3.05) is 32.5 Å². The normalized spacial score (nSPS) is 16.1. The molecule has 6 heteroatoms. The largest absolute Gasteiger partial charge is 0.388 e. The summed E-state index contributed by atoms with van der Waals surface area (Å²) in [6.45, 7) is 0.638. The minimum atomic E-state index is -0.0474. The smallest absolute Gasteiger partial charge is 0.243 e. The van der Waals surface area contributed by atoms with Gasteiger partial charge in [0.15, 0.2) is 0 Å². The highest BCUT2D eigenvalue weighted by Gasteiger charge is 2.27. The fourth-order valence-corrected chi connectivity index (χ4v) is 1.82. The molecule has 0 radical (unpaired) electrons. The van der Waals surface area contributed by atoms with Crippen LogP contribution in [-0.4, -0.2) is 53.8 Å². The maximum absolute atomic E-state index is 11.8. The van der Waals surface area contributed by atoms with E-state index >= 15 is 0 Å². The van der Waals surface area contributed by atoms with Gasteiger partial charge in [0.2, 0.25) is 11.8 Å². The summed E-state index contributed by atoms with van der Waals surface area (Å²) in [6.07, 6.45) is 1.68. The molecule has 1 aliphatic heterocycles. The Morgan fingerprint density at radius 1 is 1.33 bits per heavy atom. The first-order valence-corrected chi connectivity index (χ1v) is 5.74. The van der Waals surface area contributed by atoms with Crippen LogP contribution >= 0.6 is 0 Å². The Kier molecular flexibility index (Phi) is 3.45. The summed E-state index contributed by atoms with van der Waals surface area (Å²) in [7, 11) is 3.46. The van der Waals surface area contributed by atoms with Gasteiger partial charge in [-0.2, -0.15) is 0 Å². The fraction of sp³-hybridized carbons (Fsp3) is 0.417. The molecule has 0 unspecified atom stereocenters. The first-order valence-electron chi connectivity index (χ1n) is 5.74. The molecule has 0 bridgehead atoms. The van der Waals surface area contributed by atoms with Gasteiger partial charge in [0.05, 0.1) is 18.8 Å². The molecule has 18 heavy (non-hydrogen) atoms. The Morgan fingerprint density at radius 2 is 2.11 bits per heavy atom. The van der Waals surface area contributed by atoms with Gasteiger partial charge in [-0.25, -0.2) is 0 Å². The second-order valence-electron chi connectivity index (χ2n) is 4.29. The maximum Gasteiger partial charge on any atom is 0.243 e. The zero-order valence-corrected chi connectivity index (χ0v) is 10.5. The highest BCUT2D eigenvalue weighted by molar-refractivity contribution is 5.92. The average Bonchev–Trinajstić information content (AvgIpc) is 2.36. The first kappa shape index (κ1) is 12.3. The maximum atomic E-state index is 11.8. The number of nitrogens with one attached hydrogen (secondary N) is 1. The summed E-state index contributed by atoms with van der Waals surface area (Å²) in [5.74, 6) is -0.0897. The van der Waals surface area contributed by atoms with E-state index in [2.05, 4.69) is 10.3 Å². The summed E-state index contributed by atoms with van der Waals surface area (Å²) in [6, 6.07) is 3.72. The van der Waals surface area contributed by atoms with Crippen LogP contribution in [0.25, 0.3) is 0 Å². The van der Waals surface area contributed by atoms with E-state index in [1.165, 1.54) is 9.80 Å². The van der Waals surface area contributed by atoms with E-state index in [4.69, 9.17) is 0 Å². The molecule has 2 rings (SSSR count). The van der Waals surface area contributed by atoms with Crippen molar-refractivity contribution < 1.29 is 9.59 Å². The number of pyridine rings is 1. The second kappa shape index (κ2) is 5.03. The van der Waals surface area contributed by atoms with Crippen molar-refractivity contribution in [3.8, 4) is 0 Å². The number of likely N-dealkylation sites (N-methyl/N-ethyl adjacent to an activating group) is 1. The van der Waals surface area contributed by atoms with Crippen LogP contribution in [0.4, 0.5) is 5.69 Å². The van der Waals surface area contributed by atoms with E-state index < -0.39 is 0 Å². The predicted octanol–water partition coefficient (Wildman–Crippen LogP) is -0.0761. The van der Waals surface area contributed by atoms with Crippen LogP contribution in [0.5, 0.6) is 0 Å². The summed E-state index contributed by atoms with van der Waals surface area (Å²) < 4.78 is 0. The molecule has 1 saturated heterocycles. The van der Waals surface area contributed by atoms with E-state index in [-0.39, 0.29) is 24.9 Å². The number of hydrogen-bond acceptors (Lipinski definition) is 4. The molecule has 1 aromatic rings. The molecule has 1 N–H and O–H groups in total. The number of hydrogen-bond donors (Lipinski definition) is 1. The highest BCUT2D eigenvalue weighted by Crippen LogP contribution is 2.11. The van der Waals surface area contributed by atoms with E-state index in [0.717, 1.165) is 11.4 Å². The molecule has 0 aliphatic carbocycles. The molecular weight excluding hydrogens is 232 g/mol. The van der Waals surface area contributed by atoms with E-state index in [0.29, 0.717) is 6.54 Å². The minimum Gasteiger partial charge on any atom is -0.388 e. The van der Waals surface area contributed by atoms with Crippen molar-refractivity contribution in [3.05, 3.63) is 24.0 Å². The first-order chi connectivity index (χ1) is 8.60. The molecule has 2 heterocycles. The Labute approximate surface area is 106 Å². The number of aromatic nitrogens is 1. The van der Waals surface area contributed by atoms with Gasteiger partial charge >= 0.3 is 0 Å². The summed E-state index contributed by atoms with van der Waals surface area (Å²) in [5, 5.41) is 3.01. The SMILES string of the molecule is CNc1ccnc(CN2CC(=O)N(C)CC2=O)c1. The highest BCUT2D eigenvalue weighted by atomic mass is 16.2. The number of carbonyl (C=O) groups is 2. The van der Waals surface area contributed by atoms with Gasteiger partial charge in [-0.15, -0.1) is 0 Å². The molecule has 2 amide bonds. The Hall–Kier alpha value is -2.11. The lowest BCUT2D eigenvalue weighted by molar-refractivity contribution is -0.149. The number of anilines is 1. The van der Waals surface area contributed by atoms with Gasteiger partial charge in [0.25, 0.3) is 0 Å². The number of rotatable bonds is 3. The number of amides is 2. The summed E-state index contributed by atoms with van der Waals surface area (Å²) >= 11 is 0. The van der Waals surface area contributed by atoms with Crippen LogP contribution < -0.4 is 5.32 Å². The molecular formula is C12H16N4O2. The van der Waals surface area contributed by atoms with Crippen LogP contribution in [0.1, 0.15) is 5.69 Å². The molecule has 1 aliphatic rings. The van der Waals surface area contributed by atoms with Gasteiger partial charge in [-0.1, -0.05) is 0 Å². The third-order valence-electron chi connectivity index (χ3n) is 2.94. The van der Waals surface area contributed by atoms with Gasteiger partial charge in [-0.05, 0) is 12.1 Å². The Bertz CT molecular complexity index is 475. The Morgan fingerprint density at radius 3 is 2.83 bits per heavy atom. The Balaban J connectivity index is 2.08. The lowest BCUT2D eigenvalue weighted by Crippen LogP contribution is -2.51. The molecule has 6 nitrogen and oxygen atoms in total. The fourth-order valence-electron chi connectivity index (χ4n) is 1.82. The van der Waals surface area contributed by atoms with E-state index in [1.807, 2.05) is 19.2 Å². The van der Waals surface area contributed by atoms with Crippen LogP contribution in [0, 0.1) is 0 Å². The molecule has 0 aromatic carbocycles. The molecule has 1 fully saturated rings. The van der Waals surface area contributed by atoms with Crippen molar-refractivity contribution in [2.45, 2.75) is 6.54 Å². The predicted molar refractivity (Wildman–Crippen MR) is 66.8 cm³/mol. The zero-order valence-electron chi connectivity index (χ0n) is 10.5. The average molecular weight is 248 g/mol. The lowest BCUT2D eigenvalue weighted by Gasteiger charge is -2.31. The monoisotopic (exact) mass is 248 g/mol. The minimum absolute atomic E-state index is 0.0422. The van der Waals surface area contributed by atoms with Crippen LogP contribution in [0.15, 0.2) is 18.3 Å². The molecule has 0 spiro atoms. The van der Waals surface area contributed by atoms with Crippen molar-refractivity contribution in [1.29, 1.82) is 0 Å². The van der Waals surface area contributed by atoms with Crippen LogP contribution in [0.2, 0.25) is 0 Å². The standard InChI is InChI=1S/C12H16N4O2/c1-13-9-3-4-14-10(5-9)6-16-8-11(17)15(2)7-12(16)18/h3-5H,6-8H2,1-2H3,(H,13,14). The van der Waals surface area contributed by atoms with Crippen LogP contribution in [0.3, 0.4) is 0 Å². The van der Waals surface area contributed by atoms with Crippen molar-refractivity contribution in [1.82, 2.24) is 14.8 Å². The third kappa shape index (κ3) is 2.58. The number of piperazine rings is 1. The van der Waals surface area contributed by atoms with Crippen molar-refractivity contribution >= 4 is 17.5 Å². The zero-order chi connectivity index (χ0) is 13.1. The molecule has 1 aromatic heterocycles. The molecule has 0 saturated carbocycles. The quantitative estimate of drug-likeness (QED) is 0.813. The van der Waals surface area contributed by atoms with E-state index in [9.17, 15) is 9.59 Å². The second-order valence-corrected chi connectivity index (χ2v) is 4.29. The topological polar surface area (TPSA) is 65.5 Å². The van der Waals surface area contributed by atoms with Gasteiger partial charge in [0.1, 0.15) is 6.54 Å². The third-order valence-corrected chi connectivity index (χ3v) is 2.94. The van der Waals surface area contributed by atoms with Gasteiger partial charge in [-0.3, -0.25) is 14.6 Å².